The summed E-state index contributed by atoms with van der Waals surface area (Å²) >= 11 is 3.13. The number of hydrogen-bond donors (Lipinski definition) is 0. The molecule has 2 nitrogen and oxygen atoms in total. The Morgan fingerprint density at radius 1 is 0.732 bits per heavy atom. The number of aryl methyl sites for hydroxylation is 1. The number of thiophene rings is 2. The average molecular weight is 579 g/mol. The van der Waals surface area contributed by atoms with Gasteiger partial charge in [0.25, 0.3) is 0 Å². The molecule has 2 heterocycles. The van der Waals surface area contributed by atoms with Crippen LogP contribution < -0.4 is 0 Å². The molecule has 2 aromatic heterocycles. The van der Waals surface area contributed by atoms with Gasteiger partial charge in [0.15, 0.2) is 5.70 Å². The van der Waals surface area contributed by atoms with Crippen molar-refractivity contribution in [3.05, 3.63) is 140 Å². The Labute approximate surface area is 244 Å². The first-order chi connectivity index (χ1) is 19.7. The van der Waals surface area contributed by atoms with E-state index < -0.39 is 11.7 Å². The molecule has 0 unspecified atom stereocenters. The fourth-order valence-corrected chi connectivity index (χ4v) is 6.08. The van der Waals surface area contributed by atoms with Crippen molar-refractivity contribution in [3.63, 3.8) is 0 Å². The van der Waals surface area contributed by atoms with E-state index in [2.05, 4.69) is 29.1 Å². The first kappa shape index (κ1) is 27.9. The van der Waals surface area contributed by atoms with E-state index in [0.717, 1.165) is 53.9 Å². The van der Waals surface area contributed by atoms with Gasteiger partial charge in [0.1, 0.15) is 0 Å². The van der Waals surface area contributed by atoms with Crippen LogP contribution >= 0.6 is 22.7 Å². The SMILES string of the molecule is [C-]#[N+]/C(=C\c1ccc(-c2ccc(-c3ccc(/C=C(\C#N)c4ccc(C)cc4)s3)cc2)s1)c1ccc(C(F)(F)F)cc1. The summed E-state index contributed by atoms with van der Waals surface area (Å²) in [5.41, 5.74) is 4.75. The molecule has 41 heavy (non-hydrogen) atoms. The van der Waals surface area contributed by atoms with Crippen LogP contribution in [-0.4, -0.2) is 0 Å². The molecule has 0 aliphatic heterocycles. The molecule has 0 saturated carbocycles. The van der Waals surface area contributed by atoms with Crippen molar-refractivity contribution in [2.75, 3.05) is 0 Å². The van der Waals surface area contributed by atoms with Gasteiger partial charge >= 0.3 is 6.18 Å². The minimum absolute atomic E-state index is 0.284. The van der Waals surface area contributed by atoms with Crippen molar-refractivity contribution in [3.8, 4) is 27.0 Å². The van der Waals surface area contributed by atoms with Gasteiger partial charge in [0.2, 0.25) is 0 Å². The zero-order valence-electron chi connectivity index (χ0n) is 21.7. The third-order valence-corrected chi connectivity index (χ3v) is 8.55. The second kappa shape index (κ2) is 11.8. The lowest BCUT2D eigenvalue weighted by Crippen LogP contribution is -2.04. The van der Waals surface area contributed by atoms with Crippen LogP contribution in [0.2, 0.25) is 0 Å². The molecule has 0 aliphatic rings. The smallest absolute Gasteiger partial charge is 0.237 e. The van der Waals surface area contributed by atoms with Crippen molar-refractivity contribution >= 4 is 46.1 Å². The molecule has 0 aliphatic carbocycles. The van der Waals surface area contributed by atoms with Crippen LogP contribution in [0.1, 0.15) is 32.0 Å². The number of nitriles is 1. The molecule has 5 aromatic rings. The summed E-state index contributed by atoms with van der Waals surface area (Å²) in [6, 6.07) is 31.0. The molecule has 0 spiro atoms. The quantitative estimate of drug-likeness (QED) is 0.145. The first-order valence-electron chi connectivity index (χ1n) is 12.5. The van der Waals surface area contributed by atoms with Crippen LogP contribution in [-0.2, 0) is 6.18 Å². The van der Waals surface area contributed by atoms with Gasteiger partial charge < -0.3 is 0 Å². The van der Waals surface area contributed by atoms with Crippen LogP contribution in [0, 0.1) is 24.8 Å². The third-order valence-electron chi connectivity index (χ3n) is 6.38. The normalized spacial score (nSPS) is 12.1. The zero-order valence-corrected chi connectivity index (χ0v) is 23.4. The average Bonchev–Trinajstić information content (AvgIpc) is 3.65. The highest BCUT2D eigenvalue weighted by Gasteiger charge is 2.30. The molecule has 200 valence electrons. The van der Waals surface area contributed by atoms with Gasteiger partial charge in [-0.15, -0.1) is 22.7 Å². The monoisotopic (exact) mass is 578 g/mol. The van der Waals surface area contributed by atoms with Crippen LogP contribution in [0.25, 0.3) is 49.1 Å². The van der Waals surface area contributed by atoms with E-state index in [9.17, 15) is 18.4 Å². The van der Waals surface area contributed by atoms with Crippen LogP contribution in [0.3, 0.4) is 0 Å². The van der Waals surface area contributed by atoms with Gasteiger partial charge in [-0.1, -0.05) is 78.4 Å². The highest BCUT2D eigenvalue weighted by molar-refractivity contribution is 7.16. The number of halogens is 3. The van der Waals surface area contributed by atoms with E-state index in [-0.39, 0.29) is 5.70 Å². The summed E-state index contributed by atoms with van der Waals surface area (Å²) in [6.45, 7) is 9.54. The lowest BCUT2D eigenvalue weighted by molar-refractivity contribution is -0.137. The molecule has 7 heteroatoms. The van der Waals surface area contributed by atoms with Gasteiger partial charge in [-0.2, -0.15) is 18.4 Å². The molecular formula is C34H21F3N2S2. The summed E-state index contributed by atoms with van der Waals surface area (Å²) in [7, 11) is 0. The summed E-state index contributed by atoms with van der Waals surface area (Å²) < 4.78 is 38.6. The van der Waals surface area contributed by atoms with Crippen molar-refractivity contribution in [2.45, 2.75) is 13.1 Å². The molecule has 5 rings (SSSR count). The minimum atomic E-state index is -4.41. The topological polar surface area (TPSA) is 28.1 Å². The molecule has 0 bridgehead atoms. The van der Waals surface area contributed by atoms with Gasteiger partial charge in [0.05, 0.1) is 23.8 Å². The fraction of sp³-hybridized carbons (Fsp3) is 0.0588. The van der Waals surface area contributed by atoms with E-state index in [4.69, 9.17) is 6.57 Å². The molecular weight excluding hydrogens is 558 g/mol. The largest absolute Gasteiger partial charge is 0.416 e. The second-order valence-electron chi connectivity index (χ2n) is 9.23. The number of hydrogen-bond acceptors (Lipinski definition) is 3. The minimum Gasteiger partial charge on any atom is -0.237 e. The van der Waals surface area contributed by atoms with Crippen molar-refractivity contribution in [2.24, 2.45) is 0 Å². The van der Waals surface area contributed by atoms with E-state index in [1.165, 1.54) is 23.5 Å². The Hall–Kier alpha value is -4.69. The molecule has 0 fully saturated rings. The fourth-order valence-electron chi connectivity index (χ4n) is 4.17. The maximum absolute atomic E-state index is 12.9. The van der Waals surface area contributed by atoms with Gasteiger partial charge in [0, 0.05) is 19.5 Å². The third kappa shape index (κ3) is 6.56. The van der Waals surface area contributed by atoms with Crippen molar-refractivity contribution in [1.82, 2.24) is 0 Å². The predicted molar refractivity (Wildman–Crippen MR) is 164 cm³/mol. The molecule has 0 atom stereocenters. The molecule has 0 N–H and O–H groups in total. The maximum Gasteiger partial charge on any atom is 0.416 e. The van der Waals surface area contributed by atoms with Gasteiger partial charge in [-0.3, -0.25) is 0 Å². The van der Waals surface area contributed by atoms with E-state index in [1.807, 2.05) is 67.6 Å². The number of allylic oxidation sites excluding steroid dienone is 1. The lowest BCUT2D eigenvalue weighted by Gasteiger charge is -2.07. The Morgan fingerprint density at radius 2 is 1.24 bits per heavy atom. The Bertz CT molecular complexity index is 1820. The summed E-state index contributed by atoms with van der Waals surface area (Å²) in [5, 5.41) is 9.66. The summed E-state index contributed by atoms with van der Waals surface area (Å²) in [4.78, 5) is 7.49. The van der Waals surface area contributed by atoms with E-state index in [0.29, 0.717) is 11.1 Å². The molecule has 3 aromatic carbocycles. The Kier molecular flexibility index (Phi) is 8.03. The highest BCUT2D eigenvalue weighted by Crippen LogP contribution is 2.35. The number of alkyl halides is 3. The predicted octanol–water partition coefficient (Wildman–Crippen LogP) is 11.0. The molecule has 0 amide bonds. The van der Waals surface area contributed by atoms with Crippen LogP contribution in [0.4, 0.5) is 13.2 Å². The summed E-state index contributed by atoms with van der Waals surface area (Å²) in [6.07, 6.45) is -0.801. The molecule has 0 saturated heterocycles. The number of rotatable bonds is 6. The van der Waals surface area contributed by atoms with Gasteiger partial charge in [-0.05, 0) is 65.6 Å². The van der Waals surface area contributed by atoms with Crippen LogP contribution in [0.5, 0.6) is 0 Å². The van der Waals surface area contributed by atoms with E-state index in [1.54, 1.807) is 17.4 Å². The lowest BCUT2D eigenvalue weighted by atomic mass is 10.0. The first-order valence-corrected chi connectivity index (χ1v) is 14.1. The van der Waals surface area contributed by atoms with Crippen molar-refractivity contribution < 1.29 is 13.2 Å². The Morgan fingerprint density at radius 3 is 1.73 bits per heavy atom. The number of nitrogens with zero attached hydrogens (tertiary/aromatic N) is 2. The maximum atomic E-state index is 12.9. The van der Waals surface area contributed by atoms with Gasteiger partial charge in [-0.25, -0.2) is 4.85 Å². The van der Waals surface area contributed by atoms with E-state index >= 15 is 0 Å². The molecule has 0 radical (unpaired) electrons. The zero-order chi connectivity index (χ0) is 29.0. The standard InChI is InChI=1S/C34H21F3N2S2/c1-22-3-5-23(6-4-22)27(21-38)19-29-15-17-32(40-29)25-7-9-26(10-8-25)33-18-16-30(41-33)20-31(39-2)24-11-13-28(14-12-24)34(35,36)37/h3-20H,1H3/b27-19+,31-20-. The number of benzene rings is 3. The van der Waals surface area contributed by atoms with Crippen molar-refractivity contribution in [1.29, 1.82) is 5.26 Å². The Balaban J connectivity index is 1.32. The second-order valence-corrected chi connectivity index (χ2v) is 11.5. The highest BCUT2D eigenvalue weighted by atomic mass is 32.1. The summed E-state index contributed by atoms with van der Waals surface area (Å²) in [5.74, 6) is 0. The van der Waals surface area contributed by atoms with Crippen LogP contribution in [0.15, 0.2) is 97.1 Å².